The zero-order valence-corrected chi connectivity index (χ0v) is 9.57. The van der Waals surface area contributed by atoms with Crippen molar-refractivity contribution in [2.45, 2.75) is 59.5 Å². The lowest BCUT2D eigenvalue weighted by molar-refractivity contribution is -0.0647. The van der Waals surface area contributed by atoms with Gasteiger partial charge >= 0.3 is 0 Å². The van der Waals surface area contributed by atoms with Gasteiger partial charge in [-0.2, -0.15) is 0 Å². The Bertz CT molecular complexity index is 238. The van der Waals surface area contributed by atoms with E-state index in [1.165, 1.54) is 11.1 Å². The minimum atomic E-state index is -0.489. The second-order valence-electron chi connectivity index (χ2n) is 4.92. The molecule has 0 bridgehead atoms. The third kappa shape index (κ3) is 1.43. The maximum absolute atomic E-state index is 10.5. The van der Waals surface area contributed by atoms with Crippen LogP contribution in [0.3, 0.4) is 0 Å². The van der Waals surface area contributed by atoms with Crippen molar-refractivity contribution in [3.63, 3.8) is 0 Å². The van der Waals surface area contributed by atoms with Gasteiger partial charge in [0.05, 0.1) is 5.60 Å². The Morgan fingerprint density at radius 3 is 2.31 bits per heavy atom. The summed E-state index contributed by atoms with van der Waals surface area (Å²) in [5.41, 5.74) is 2.30. The van der Waals surface area contributed by atoms with Crippen molar-refractivity contribution in [1.29, 1.82) is 0 Å². The third-order valence-corrected chi connectivity index (χ3v) is 4.24. The fourth-order valence-corrected chi connectivity index (χ4v) is 2.40. The average molecular weight is 182 g/mol. The van der Waals surface area contributed by atoms with Gasteiger partial charge in [-0.05, 0) is 33.1 Å². The smallest absolute Gasteiger partial charge is 0.0735 e. The first-order valence-corrected chi connectivity index (χ1v) is 5.24. The summed E-state index contributed by atoms with van der Waals surface area (Å²) in [5, 5.41) is 10.5. The Morgan fingerprint density at radius 1 is 1.31 bits per heavy atom. The molecule has 1 rings (SSSR count). The highest BCUT2D eigenvalue weighted by atomic mass is 16.3. The molecule has 0 saturated carbocycles. The van der Waals surface area contributed by atoms with Crippen LogP contribution in [0.1, 0.15) is 53.9 Å². The van der Waals surface area contributed by atoms with Crippen molar-refractivity contribution >= 4 is 0 Å². The highest BCUT2D eigenvalue weighted by Gasteiger charge is 2.45. The molecule has 13 heavy (non-hydrogen) atoms. The Kier molecular flexibility index (Phi) is 2.59. The molecule has 0 heterocycles. The lowest BCUT2D eigenvalue weighted by Crippen LogP contribution is -2.47. The SMILES string of the molecule is CC[C@]1(O)CCC(C)=C(C)C1(C)C. The Labute approximate surface area is 81.9 Å². The van der Waals surface area contributed by atoms with Crippen molar-refractivity contribution in [1.82, 2.24) is 0 Å². The molecule has 0 unspecified atom stereocenters. The van der Waals surface area contributed by atoms with E-state index in [9.17, 15) is 5.11 Å². The number of rotatable bonds is 1. The maximum atomic E-state index is 10.5. The first-order chi connectivity index (χ1) is 5.85. The molecular weight excluding hydrogens is 160 g/mol. The van der Waals surface area contributed by atoms with Gasteiger partial charge in [0, 0.05) is 5.41 Å². The van der Waals surface area contributed by atoms with Crippen LogP contribution in [-0.2, 0) is 0 Å². The second kappa shape index (κ2) is 3.13. The average Bonchev–Trinajstić information content (AvgIpc) is 2.09. The molecule has 1 atom stereocenters. The second-order valence-corrected chi connectivity index (χ2v) is 4.92. The molecule has 0 aromatic rings. The van der Waals surface area contributed by atoms with Crippen LogP contribution in [0.15, 0.2) is 11.1 Å². The fourth-order valence-electron chi connectivity index (χ4n) is 2.40. The number of allylic oxidation sites excluding steroid dienone is 1. The molecule has 1 nitrogen and oxygen atoms in total. The fraction of sp³-hybridized carbons (Fsp3) is 0.833. The van der Waals surface area contributed by atoms with Crippen LogP contribution in [0.25, 0.3) is 0 Å². The summed E-state index contributed by atoms with van der Waals surface area (Å²) >= 11 is 0. The molecule has 1 N–H and O–H groups in total. The van der Waals surface area contributed by atoms with Crippen LogP contribution in [0.4, 0.5) is 0 Å². The summed E-state index contributed by atoms with van der Waals surface area (Å²) in [6.45, 7) is 10.8. The van der Waals surface area contributed by atoms with Crippen molar-refractivity contribution in [3.05, 3.63) is 11.1 Å². The van der Waals surface area contributed by atoms with Gasteiger partial charge < -0.3 is 5.11 Å². The van der Waals surface area contributed by atoms with E-state index in [4.69, 9.17) is 0 Å². The Hall–Kier alpha value is -0.300. The molecular formula is C12H22O. The van der Waals surface area contributed by atoms with E-state index in [-0.39, 0.29) is 5.41 Å². The summed E-state index contributed by atoms with van der Waals surface area (Å²) < 4.78 is 0. The molecule has 0 fully saturated rings. The molecule has 0 spiro atoms. The number of aliphatic hydroxyl groups is 1. The van der Waals surface area contributed by atoms with Gasteiger partial charge in [0.1, 0.15) is 0 Å². The standard InChI is InChI=1S/C12H22O/c1-6-12(13)8-7-9(2)10(3)11(12,4)5/h13H,6-8H2,1-5H3/t12-/m0/s1. The van der Waals surface area contributed by atoms with Crippen LogP contribution in [0.5, 0.6) is 0 Å². The predicted molar refractivity (Wildman–Crippen MR) is 56.6 cm³/mol. The first-order valence-electron chi connectivity index (χ1n) is 5.24. The van der Waals surface area contributed by atoms with E-state index in [0.29, 0.717) is 0 Å². The molecule has 0 aromatic carbocycles. The molecule has 1 aliphatic carbocycles. The topological polar surface area (TPSA) is 20.2 Å². The molecule has 76 valence electrons. The van der Waals surface area contributed by atoms with E-state index >= 15 is 0 Å². The highest BCUT2D eigenvalue weighted by molar-refractivity contribution is 5.26. The van der Waals surface area contributed by atoms with Crippen molar-refractivity contribution in [3.8, 4) is 0 Å². The summed E-state index contributed by atoms with van der Waals surface area (Å²) in [4.78, 5) is 0. The molecule has 0 amide bonds. The maximum Gasteiger partial charge on any atom is 0.0735 e. The Morgan fingerprint density at radius 2 is 1.85 bits per heavy atom. The van der Waals surface area contributed by atoms with E-state index in [0.717, 1.165) is 19.3 Å². The molecule has 0 saturated heterocycles. The van der Waals surface area contributed by atoms with Gasteiger partial charge in [-0.15, -0.1) is 0 Å². The monoisotopic (exact) mass is 182 g/mol. The summed E-state index contributed by atoms with van der Waals surface area (Å²) in [6, 6.07) is 0. The van der Waals surface area contributed by atoms with Crippen molar-refractivity contribution in [2.75, 3.05) is 0 Å². The zero-order chi connectivity index (χ0) is 10.3. The summed E-state index contributed by atoms with van der Waals surface area (Å²) in [7, 11) is 0. The van der Waals surface area contributed by atoms with Gasteiger partial charge in [0.2, 0.25) is 0 Å². The van der Waals surface area contributed by atoms with E-state index in [1.807, 2.05) is 0 Å². The normalized spacial score (nSPS) is 33.7. The van der Waals surface area contributed by atoms with Crippen LogP contribution < -0.4 is 0 Å². The third-order valence-electron chi connectivity index (χ3n) is 4.24. The Balaban J connectivity index is 3.12. The van der Waals surface area contributed by atoms with Crippen LogP contribution >= 0.6 is 0 Å². The number of hydrogen-bond donors (Lipinski definition) is 1. The largest absolute Gasteiger partial charge is 0.389 e. The van der Waals surface area contributed by atoms with Crippen LogP contribution in [-0.4, -0.2) is 10.7 Å². The molecule has 1 heteroatoms. The predicted octanol–water partition coefficient (Wildman–Crippen LogP) is 3.28. The minimum Gasteiger partial charge on any atom is -0.389 e. The van der Waals surface area contributed by atoms with Gasteiger partial charge in [-0.25, -0.2) is 0 Å². The van der Waals surface area contributed by atoms with E-state index in [1.54, 1.807) is 0 Å². The molecule has 0 radical (unpaired) electrons. The zero-order valence-electron chi connectivity index (χ0n) is 9.57. The van der Waals surface area contributed by atoms with Gasteiger partial charge in [-0.1, -0.05) is 31.9 Å². The van der Waals surface area contributed by atoms with Gasteiger partial charge in [0.15, 0.2) is 0 Å². The van der Waals surface area contributed by atoms with E-state index in [2.05, 4.69) is 34.6 Å². The summed E-state index contributed by atoms with van der Waals surface area (Å²) in [5.74, 6) is 0. The number of hydrogen-bond acceptors (Lipinski definition) is 1. The van der Waals surface area contributed by atoms with E-state index < -0.39 is 5.60 Å². The minimum absolute atomic E-state index is 0.0515. The van der Waals surface area contributed by atoms with Crippen molar-refractivity contribution in [2.24, 2.45) is 5.41 Å². The van der Waals surface area contributed by atoms with Crippen LogP contribution in [0.2, 0.25) is 0 Å². The first kappa shape index (κ1) is 10.8. The molecule has 0 aliphatic heterocycles. The highest BCUT2D eigenvalue weighted by Crippen LogP contribution is 2.48. The van der Waals surface area contributed by atoms with Crippen LogP contribution in [0, 0.1) is 5.41 Å². The lowest BCUT2D eigenvalue weighted by atomic mass is 9.62. The lowest BCUT2D eigenvalue weighted by Gasteiger charge is -2.47. The molecule has 0 aromatic heterocycles. The summed E-state index contributed by atoms with van der Waals surface area (Å²) in [6.07, 6.45) is 2.82. The van der Waals surface area contributed by atoms with Gasteiger partial charge in [0.25, 0.3) is 0 Å². The van der Waals surface area contributed by atoms with Crippen molar-refractivity contribution < 1.29 is 5.11 Å². The van der Waals surface area contributed by atoms with Gasteiger partial charge in [-0.3, -0.25) is 0 Å². The molecule has 1 aliphatic rings. The quantitative estimate of drug-likeness (QED) is 0.617.